The number of halogens is 1. The van der Waals surface area contributed by atoms with Gasteiger partial charge in [0.2, 0.25) is 5.91 Å². The van der Waals surface area contributed by atoms with Gasteiger partial charge >= 0.3 is 0 Å². The Balaban J connectivity index is 2.41. The van der Waals surface area contributed by atoms with Crippen molar-refractivity contribution in [2.75, 3.05) is 11.4 Å². The first kappa shape index (κ1) is 10.5. The molecular formula is C10H14ClN3O. The van der Waals surface area contributed by atoms with Crippen LogP contribution in [0.3, 0.4) is 0 Å². The maximum atomic E-state index is 11.7. The lowest BCUT2D eigenvalue weighted by molar-refractivity contribution is -0.117. The third kappa shape index (κ3) is 1.63. The number of nitrogens with zero attached hydrogens (tertiary/aromatic N) is 3. The number of hydrogen-bond acceptors (Lipinski definition) is 2. The van der Waals surface area contributed by atoms with Crippen LogP contribution >= 0.6 is 11.6 Å². The van der Waals surface area contributed by atoms with E-state index in [9.17, 15) is 4.79 Å². The highest BCUT2D eigenvalue weighted by molar-refractivity contribution is 6.24. The molecule has 0 saturated carbocycles. The normalized spacial score (nSPS) is 21.5. The van der Waals surface area contributed by atoms with E-state index in [-0.39, 0.29) is 11.3 Å². The fourth-order valence-electron chi connectivity index (χ4n) is 2.03. The van der Waals surface area contributed by atoms with Crippen molar-refractivity contribution in [1.82, 2.24) is 9.78 Å². The summed E-state index contributed by atoms with van der Waals surface area (Å²) in [7, 11) is 1.88. The van der Waals surface area contributed by atoms with Crippen LogP contribution in [0.1, 0.15) is 17.8 Å². The van der Waals surface area contributed by atoms with Crippen molar-refractivity contribution in [2.24, 2.45) is 7.05 Å². The van der Waals surface area contributed by atoms with Gasteiger partial charge < -0.3 is 4.90 Å². The molecule has 82 valence electrons. The minimum Gasteiger partial charge on any atom is -0.307 e. The van der Waals surface area contributed by atoms with Gasteiger partial charge in [0.1, 0.15) is 0 Å². The number of rotatable bonds is 1. The third-order valence-electron chi connectivity index (χ3n) is 2.82. The molecule has 0 spiro atoms. The molecule has 15 heavy (non-hydrogen) atoms. The number of carbonyl (C=O) groups excluding carboxylic acids is 1. The molecule has 1 aromatic heterocycles. The summed E-state index contributed by atoms with van der Waals surface area (Å²) in [4.78, 5) is 13.4. The number of amides is 1. The highest BCUT2D eigenvalue weighted by Gasteiger charge is 2.32. The van der Waals surface area contributed by atoms with Crippen molar-refractivity contribution in [3.8, 4) is 0 Å². The second kappa shape index (κ2) is 3.52. The maximum Gasteiger partial charge on any atom is 0.228 e. The van der Waals surface area contributed by atoms with Gasteiger partial charge in [-0.25, -0.2) is 0 Å². The molecule has 1 saturated heterocycles. The molecule has 5 heteroatoms. The molecule has 0 bridgehead atoms. The van der Waals surface area contributed by atoms with Crippen molar-refractivity contribution in [3.05, 3.63) is 11.4 Å². The Labute approximate surface area is 93.8 Å². The lowest BCUT2D eigenvalue weighted by Gasteiger charge is -2.16. The van der Waals surface area contributed by atoms with Gasteiger partial charge in [0.15, 0.2) is 0 Å². The van der Waals surface area contributed by atoms with Crippen LogP contribution in [0.5, 0.6) is 0 Å². The Morgan fingerprint density at radius 1 is 1.47 bits per heavy atom. The van der Waals surface area contributed by atoms with Crippen molar-refractivity contribution in [1.29, 1.82) is 0 Å². The van der Waals surface area contributed by atoms with E-state index in [1.54, 1.807) is 9.58 Å². The fourth-order valence-corrected chi connectivity index (χ4v) is 2.30. The largest absolute Gasteiger partial charge is 0.307 e. The number of aryl methyl sites for hydroxylation is 2. The summed E-state index contributed by atoms with van der Waals surface area (Å²) < 4.78 is 1.79. The van der Waals surface area contributed by atoms with Gasteiger partial charge in [0, 0.05) is 20.0 Å². The lowest BCUT2D eigenvalue weighted by Crippen LogP contribution is -2.25. The summed E-state index contributed by atoms with van der Waals surface area (Å²) in [5, 5.41) is 4.22. The Morgan fingerprint density at radius 2 is 2.13 bits per heavy atom. The maximum absolute atomic E-state index is 11.7. The minimum atomic E-state index is -0.0727. The second-order valence-electron chi connectivity index (χ2n) is 3.95. The number of anilines is 1. The molecule has 2 rings (SSSR count). The van der Waals surface area contributed by atoms with Gasteiger partial charge in [-0.2, -0.15) is 5.10 Å². The fraction of sp³-hybridized carbons (Fsp3) is 0.600. The minimum absolute atomic E-state index is 0.0727. The zero-order valence-electron chi connectivity index (χ0n) is 9.12. The molecule has 4 nitrogen and oxygen atoms in total. The van der Waals surface area contributed by atoms with Gasteiger partial charge in [-0.3, -0.25) is 9.48 Å². The molecular weight excluding hydrogens is 214 g/mol. The SMILES string of the molecule is Cc1nn(C)c(C)c1N1CC(Cl)CC1=O. The van der Waals surface area contributed by atoms with Crippen molar-refractivity contribution in [2.45, 2.75) is 25.6 Å². The van der Waals surface area contributed by atoms with E-state index in [1.807, 2.05) is 20.9 Å². The number of carbonyl (C=O) groups is 1. The van der Waals surface area contributed by atoms with Gasteiger partial charge in [-0.1, -0.05) is 0 Å². The van der Waals surface area contributed by atoms with Crippen molar-refractivity contribution >= 4 is 23.2 Å². The zero-order chi connectivity index (χ0) is 11.2. The van der Waals surface area contributed by atoms with Crippen LogP contribution < -0.4 is 4.90 Å². The van der Waals surface area contributed by atoms with E-state index in [1.165, 1.54) is 0 Å². The molecule has 2 heterocycles. The zero-order valence-corrected chi connectivity index (χ0v) is 9.88. The van der Waals surface area contributed by atoms with Crippen LogP contribution in [0, 0.1) is 13.8 Å². The molecule has 0 aliphatic carbocycles. The highest BCUT2D eigenvalue weighted by Crippen LogP contribution is 2.29. The van der Waals surface area contributed by atoms with Crippen LogP contribution in [0.2, 0.25) is 0 Å². The number of aromatic nitrogens is 2. The van der Waals surface area contributed by atoms with E-state index < -0.39 is 0 Å². The molecule has 0 aromatic carbocycles. The molecule has 0 radical (unpaired) electrons. The number of alkyl halides is 1. The molecule has 1 aromatic rings. The monoisotopic (exact) mass is 227 g/mol. The van der Waals surface area contributed by atoms with Crippen LogP contribution in [0.15, 0.2) is 0 Å². The van der Waals surface area contributed by atoms with Crippen LogP contribution in [0.4, 0.5) is 5.69 Å². The molecule has 1 amide bonds. The van der Waals surface area contributed by atoms with E-state index in [0.29, 0.717) is 13.0 Å². The Morgan fingerprint density at radius 3 is 2.53 bits per heavy atom. The summed E-state index contributed by atoms with van der Waals surface area (Å²) in [6.45, 7) is 4.47. The average Bonchev–Trinajstić information content (AvgIpc) is 2.56. The summed E-state index contributed by atoms with van der Waals surface area (Å²) in [6.07, 6.45) is 0.426. The van der Waals surface area contributed by atoms with E-state index in [0.717, 1.165) is 17.1 Å². The molecule has 1 fully saturated rings. The van der Waals surface area contributed by atoms with Crippen molar-refractivity contribution < 1.29 is 4.79 Å². The highest BCUT2D eigenvalue weighted by atomic mass is 35.5. The molecule has 1 unspecified atom stereocenters. The Hall–Kier alpha value is -1.03. The predicted octanol–water partition coefficient (Wildman–Crippen LogP) is 1.38. The average molecular weight is 228 g/mol. The second-order valence-corrected chi connectivity index (χ2v) is 4.57. The van der Waals surface area contributed by atoms with Crippen LogP contribution in [-0.2, 0) is 11.8 Å². The van der Waals surface area contributed by atoms with E-state index >= 15 is 0 Å². The summed E-state index contributed by atoms with van der Waals surface area (Å²) in [5.41, 5.74) is 2.81. The standard InChI is InChI=1S/C10H14ClN3O/c1-6-10(7(2)13(3)12-6)14-5-8(11)4-9(14)15/h8H,4-5H2,1-3H3. The number of hydrogen-bond donors (Lipinski definition) is 0. The molecule has 0 N–H and O–H groups in total. The van der Waals surface area contributed by atoms with Crippen LogP contribution in [0.25, 0.3) is 0 Å². The quantitative estimate of drug-likeness (QED) is 0.680. The van der Waals surface area contributed by atoms with E-state index in [4.69, 9.17) is 11.6 Å². The van der Waals surface area contributed by atoms with Gasteiger partial charge in [-0.05, 0) is 13.8 Å². The summed E-state index contributed by atoms with van der Waals surface area (Å²) in [5.74, 6) is 0.0919. The molecule has 1 aliphatic heterocycles. The smallest absolute Gasteiger partial charge is 0.228 e. The van der Waals surface area contributed by atoms with Gasteiger partial charge in [-0.15, -0.1) is 11.6 Å². The first-order chi connectivity index (χ1) is 7.00. The predicted molar refractivity (Wildman–Crippen MR) is 59.3 cm³/mol. The third-order valence-corrected chi connectivity index (χ3v) is 3.11. The summed E-state index contributed by atoms with van der Waals surface area (Å²) in [6, 6.07) is 0. The first-order valence-corrected chi connectivity index (χ1v) is 5.39. The van der Waals surface area contributed by atoms with Gasteiger partial charge in [0.25, 0.3) is 0 Å². The van der Waals surface area contributed by atoms with Gasteiger partial charge in [0.05, 0.1) is 22.5 Å². The van der Waals surface area contributed by atoms with E-state index in [2.05, 4.69) is 5.10 Å². The molecule has 1 aliphatic rings. The van der Waals surface area contributed by atoms with Crippen molar-refractivity contribution in [3.63, 3.8) is 0 Å². The van der Waals surface area contributed by atoms with Crippen LogP contribution in [-0.4, -0.2) is 27.6 Å². The Bertz CT molecular complexity index is 413. The molecule has 1 atom stereocenters. The lowest BCUT2D eigenvalue weighted by atomic mass is 10.3. The topological polar surface area (TPSA) is 38.1 Å². The summed E-state index contributed by atoms with van der Waals surface area (Å²) >= 11 is 5.97. The Kier molecular flexibility index (Phi) is 2.46. The first-order valence-electron chi connectivity index (χ1n) is 4.95.